The molecule has 1 heterocycles. The Balaban J connectivity index is 1.97. The van der Waals surface area contributed by atoms with E-state index in [1.807, 2.05) is 29.0 Å². The fourth-order valence-corrected chi connectivity index (χ4v) is 3.04. The van der Waals surface area contributed by atoms with Gasteiger partial charge in [-0.2, -0.15) is 11.3 Å². The highest BCUT2D eigenvalue weighted by atomic mass is 79.9. The highest BCUT2D eigenvalue weighted by Gasteiger charge is 2.10. The van der Waals surface area contributed by atoms with E-state index in [0.29, 0.717) is 6.42 Å². The van der Waals surface area contributed by atoms with Crippen LogP contribution in [-0.2, 0) is 6.42 Å². The van der Waals surface area contributed by atoms with Crippen molar-refractivity contribution in [3.05, 3.63) is 56.7 Å². The smallest absolute Gasteiger partial charge is 0.165 e. The monoisotopic (exact) mass is 294 g/mol. The van der Waals surface area contributed by atoms with Crippen LogP contribution in [0.2, 0.25) is 0 Å². The summed E-state index contributed by atoms with van der Waals surface area (Å²) in [7, 11) is 0. The van der Waals surface area contributed by atoms with Gasteiger partial charge in [-0.15, -0.1) is 0 Å². The summed E-state index contributed by atoms with van der Waals surface area (Å²) in [5.41, 5.74) is 2.02. The Hall–Kier alpha value is -0.930. The van der Waals surface area contributed by atoms with Crippen LogP contribution in [0.25, 0.3) is 0 Å². The third-order valence-corrected chi connectivity index (χ3v) is 4.10. The maximum atomic E-state index is 11.9. The highest BCUT2D eigenvalue weighted by Crippen LogP contribution is 2.23. The first-order valence-corrected chi connectivity index (χ1v) is 6.80. The number of hydrogen-bond acceptors (Lipinski definition) is 2. The Morgan fingerprint density at radius 3 is 2.56 bits per heavy atom. The quantitative estimate of drug-likeness (QED) is 0.767. The summed E-state index contributed by atoms with van der Waals surface area (Å²) in [4.78, 5) is 11.9. The highest BCUT2D eigenvalue weighted by molar-refractivity contribution is 9.10. The number of halogens is 1. The molecule has 3 heteroatoms. The normalized spacial score (nSPS) is 10.3. The van der Waals surface area contributed by atoms with Crippen LogP contribution in [0.1, 0.15) is 22.3 Å². The van der Waals surface area contributed by atoms with Crippen molar-refractivity contribution in [1.82, 2.24) is 0 Å². The van der Waals surface area contributed by atoms with Crippen LogP contribution in [0, 0.1) is 0 Å². The van der Waals surface area contributed by atoms with E-state index in [2.05, 4.69) is 28.1 Å². The van der Waals surface area contributed by atoms with Crippen LogP contribution < -0.4 is 0 Å². The lowest BCUT2D eigenvalue weighted by Gasteiger charge is -2.00. The minimum absolute atomic E-state index is 0.206. The van der Waals surface area contributed by atoms with Gasteiger partial charge in [-0.05, 0) is 27.9 Å². The van der Waals surface area contributed by atoms with E-state index >= 15 is 0 Å². The van der Waals surface area contributed by atoms with Crippen LogP contribution in [0.5, 0.6) is 0 Å². The second kappa shape index (κ2) is 5.41. The Bertz CT molecular complexity index is 476. The predicted octanol–water partition coefficient (Wildman–Crippen LogP) is 4.33. The third-order valence-electron chi connectivity index (χ3n) is 2.40. The summed E-state index contributed by atoms with van der Waals surface area (Å²) in [6.45, 7) is 0. The van der Waals surface area contributed by atoms with Crippen LogP contribution in [0.4, 0.5) is 0 Å². The zero-order chi connectivity index (χ0) is 11.4. The molecule has 1 aromatic heterocycles. The van der Waals surface area contributed by atoms with Gasteiger partial charge in [-0.3, -0.25) is 4.79 Å². The van der Waals surface area contributed by atoms with Gasteiger partial charge < -0.3 is 0 Å². The number of Topliss-reactive ketones (excluding diaryl/α,β-unsaturated/α-hetero) is 1. The maximum absolute atomic E-state index is 11.9. The fraction of sp³-hybridized carbons (Fsp3) is 0.154. The molecule has 0 aliphatic carbocycles. The molecule has 0 aliphatic heterocycles. The number of carbonyl (C=O) groups is 1. The standard InChI is InChI=1S/C13H11BrOS/c14-12-9-16-8-11(12)13(15)7-6-10-4-2-1-3-5-10/h1-5,8-9H,6-7H2. The second-order valence-corrected chi connectivity index (χ2v) is 5.14. The van der Waals surface area contributed by atoms with Gasteiger partial charge in [-0.25, -0.2) is 0 Å². The van der Waals surface area contributed by atoms with Gasteiger partial charge in [0, 0.05) is 27.2 Å². The Morgan fingerprint density at radius 1 is 1.19 bits per heavy atom. The van der Waals surface area contributed by atoms with Crippen molar-refractivity contribution in [2.24, 2.45) is 0 Å². The van der Waals surface area contributed by atoms with Crippen molar-refractivity contribution >= 4 is 33.0 Å². The first kappa shape index (κ1) is 11.6. The van der Waals surface area contributed by atoms with E-state index in [0.717, 1.165) is 16.5 Å². The molecule has 0 atom stereocenters. The number of ketones is 1. The molecule has 0 aliphatic rings. The number of aryl methyl sites for hydroxylation is 1. The number of benzene rings is 1. The molecule has 82 valence electrons. The van der Waals surface area contributed by atoms with Gasteiger partial charge in [0.25, 0.3) is 0 Å². The Morgan fingerprint density at radius 2 is 1.94 bits per heavy atom. The van der Waals surface area contributed by atoms with E-state index < -0.39 is 0 Å². The number of rotatable bonds is 4. The molecule has 1 nitrogen and oxygen atoms in total. The topological polar surface area (TPSA) is 17.1 Å². The molecule has 16 heavy (non-hydrogen) atoms. The molecule has 0 fully saturated rings. The SMILES string of the molecule is O=C(CCc1ccccc1)c1cscc1Br. The van der Waals surface area contributed by atoms with Crippen molar-refractivity contribution in [3.63, 3.8) is 0 Å². The van der Waals surface area contributed by atoms with Crippen molar-refractivity contribution in [2.45, 2.75) is 12.8 Å². The third kappa shape index (κ3) is 2.80. The first-order chi connectivity index (χ1) is 7.77. The summed E-state index contributed by atoms with van der Waals surface area (Å²) >= 11 is 4.93. The molecule has 0 amide bonds. The number of thiophene rings is 1. The second-order valence-electron chi connectivity index (χ2n) is 3.54. The number of hydrogen-bond donors (Lipinski definition) is 0. The average Bonchev–Trinajstić information content (AvgIpc) is 2.74. The zero-order valence-corrected chi connectivity index (χ0v) is 11.1. The summed E-state index contributed by atoms with van der Waals surface area (Å²) in [5.74, 6) is 0.206. The van der Waals surface area contributed by atoms with Crippen LogP contribution in [-0.4, -0.2) is 5.78 Å². The maximum Gasteiger partial charge on any atom is 0.165 e. The molecular formula is C13H11BrOS. The molecule has 0 N–H and O–H groups in total. The van der Waals surface area contributed by atoms with Gasteiger partial charge in [0.05, 0.1) is 0 Å². The Kier molecular flexibility index (Phi) is 3.91. The lowest BCUT2D eigenvalue weighted by atomic mass is 10.1. The van der Waals surface area contributed by atoms with Gasteiger partial charge >= 0.3 is 0 Å². The van der Waals surface area contributed by atoms with Gasteiger partial charge in [-0.1, -0.05) is 30.3 Å². The molecule has 0 unspecified atom stereocenters. The van der Waals surface area contributed by atoms with Crippen LogP contribution in [0.15, 0.2) is 45.6 Å². The van der Waals surface area contributed by atoms with E-state index in [4.69, 9.17) is 0 Å². The summed E-state index contributed by atoms with van der Waals surface area (Å²) in [6, 6.07) is 10.1. The minimum Gasteiger partial charge on any atom is -0.294 e. The largest absolute Gasteiger partial charge is 0.294 e. The van der Waals surface area contributed by atoms with E-state index in [-0.39, 0.29) is 5.78 Å². The van der Waals surface area contributed by atoms with Crippen LogP contribution >= 0.6 is 27.3 Å². The van der Waals surface area contributed by atoms with Crippen molar-refractivity contribution in [3.8, 4) is 0 Å². The summed E-state index contributed by atoms with van der Waals surface area (Å²) < 4.78 is 0.913. The molecule has 0 spiro atoms. The molecule has 2 aromatic rings. The molecular weight excluding hydrogens is 284 g/mol. The molecule has 0 radical (unpaired) electrons. The van der Waals surface area contributed by atoms with E-state index in [9.17, 15) is 4.79 Å². The molecule has 2 rings (SSSR count). The van der Waals surface area contributed by atoms with E-state index in [1.165, 1.54) is 5.56 Å². The van der Waals surface area contributed by atoms with Gasteiger partial charge in [0.15, 0.2) is 5.78 Å². The average molecular weight is 295 g/mol. The Labute approximate surface area is 107 Å². The van der Waals surface area contributed by atoms with Gasteiger partial charge in [0.2, 0.25) is 0 Å². The fourth-order valence-electron chi connectivity index (χ4n) is 1.52. The lowest BCUT2D eigenvalue weighted by Crippen LogP contribution is -2.00. The molecule has 0 bridgehead atoms. The van der Waals surface area contributed by atoms with Crippen LogP contribution in [0.3, 0.4) is 0 Å². The summed E-state index contributed by atoms with van der Waals surface area (Å²) in [5, 5.41) is 3.84. The minimum atomic E-state index is 0.206. The predicted molar refractivity (Wildman–Crippen MR) is 71.1 cm³/mol. The molecule has 1 aromatic carbocycles. The van der Waals surface area contributed by atoms with Crippen molar-refractivity contribution in [2.75, 3.05) is 0 Å². The van der Waals surface area contributed by atoms with Crippen molar-refractivity contribution in [1.29, 1.82) is 0 Å². The summed E-state index contributed by atoms with van der Waals surface area (Å²) in [6.07, 6.45) is 1.38. The molecule has 0 saturated heterocycles. The lowest BCUT2D eigenvalue weighted by molar-refractivity contribution is 0.0982. The van der Waals surface area contributed by atoms with Crippen molar-refractivity contribution < 1.29 is 4.79 Å². The molecule has 0 saturated carbocycles. The van der Waals surface area contributed by atoms with E-state index in [1.54, 1.807) is 11.3 Å². The first-order valence-electron chi connectivity index (χ1n) is 5.06. The zero-order valence-electron chi connectivity index (χ0n) is 8.65. The number of carbonyl (C=O) groups excluding carboxylic acids is 1. The van der Waals surface area contributed by atoms with Gasteiger partial charge in [0.1, 0.15) is 0 Å².